The Labute approximate surface area is 91.7 Å². The first-order valence-corrected chi connectivity index (χ1v) is 4.73. The van der Waals surface area contributed by atoms with Gasteiger partial charge in [0.2, 0.25) is 0 Å². The van der Waals surface area contributed by atoms with Crippen LogP contribution in [0.5, 0.6) is 0 Å². The summed E-state index contributed by atoms with van der Waals surface area (Å²) >= 11 is 0. The summed E-state index contributed by atoms with van der Waals surface area (Å²) in [6.07, 6.45) is 3.34. The van der Waals surface area contributed by atoms with Gasteiger partial charge in [0.25, 0.3) is 5.91 Å². The minimum atomic E-state index is -0.296. The van der Waals surface area contributed by atoms with Crippen molar-refractivity contribution in [2.45, 2.75) is 13.5 Å². The van der Waals surface area contributed by atoms with E-state index in [1.807, 2.05) is 12.1 Å². The molecule has 0 bridgehead atoms. The van der Waals surface area contributed by atoms with Crippen LogP contribution in [0.1, 0.15) is 21.7 Å². The van der Waals surface area contributed by atoms with Gasteiger partial charge in [-0.3, -0.25) is 9.78 Å². The molecule has 0 aliphatic rings. The molecule has 2 aromatic heterocycles. The van der Waals surface area contributed by atoms with E-state index in [4.69, 9.17) is 0 Å². The summed E-state index contributed by atoms with van der Waals surface area (Å²) in [5.74, 6) is -0.296. The first-order valence-electron chi connectivity index (χ1n) is 4.73. The Morgan fingerprint density at radius 1 is 1.38 bits per heavy atom. The molecule has 0 radical (unpaired) electrons. The van der Waals surface area contributed by atoms with E-state index in [0.717, 1.165) is 5.56 Å². The van der Waals surface area contributed by atoms with E-state index in [0.29, 0.717) is 12.2 Å². The Morgan fingerprint density at radius 2 is 2.12 bits per heavy atom. The number of rotatable bonds is 3. The lowest BCUT2D eigenvalue weighted by Crippen LogP contribution is -2.23. The van der Waals surface area contributed by atoms with Gasteiger partial charge < -0.3 is 5.32 Å². The molecule has 2 heterocycles. The van der Waals surface area contributed by atoms with E-state index in [1.165, 1.54) is 0 Å². The lowest BCUT2D eigenvalue weighted by Gasteiger charge is -2.02. The molecule has 0 atom stereocenters. The monoisotopic (exact) mass is 218 g/mol. The fraction of sp³-hybridized carbons (Fsp3) is 0.200. The number of carbonyl (C=O) groups is 1. The minimum absolute atomic E-state index is 0.217. The number of nitrogens with zero attached hydrogens (tertiary/aromatic N) is 3. The van der Waals surface area contributed by atoms with Gasteiger partial charge in [-0.2, -0.15) is 0 Å². The normalized spacial score (nSPS) is 10.1. The molecule has 0 fully saturated rings. The van der Waals surface area contributed by atoms with Crippen LogP contribution in [0.15, 0.2) is 29.2 Å². The standard InChI is InChI=1S/C10H10N4O2/c1-7-9(14-16-13-7)10(15)12-6-8-2-4-11-5-3-8/h2-5H,6H2,1H3,(H,12,15). The second-order valence-electron chi connectivity index (χ2n) is 3.24. The molecule has 0 aliphatic carbocycles. The van der Waals surface area contributed by atoms with E-state index in [9.17, 15) is 4.79 Å². The Kier molecular flexibility index (Phi) is 2.90. The van der Waals surface area contributed by atoms with Gasteiger partial charge in [-0.25, -0.2) is 4.63 Å². The smallest absolute Gasteiger partial charge is 0.275 e. The average molecular weight is 218 g/mol. The van der Waals surface area contributed by atoms with Crippen molar-refractivity contribution < 1.29 is 9.42 Å². The Hall–Kier alpha value is -2.24. The van der Waals surface area contributed by atoms with Crippen LogP contribution in [-0.2, 0) is 6.54 Å². The maximum Gasteiger partial charge on any atom is 0.275 e. The van der Waals surface area contributed by atoms with Crippen LogP contribution in [0.3, 0.4) is 0 Å². The number of aryl methyl sites for hydroxylation is 1. The molecule has 6 heteroatoms. The molecule has 6 nitrogen and oxygen atoms in total. The molecule has 0 saturated carbocycles. The summed E-state index contributed by atoms with van der Waals surface area (Å²) in [6, 6.07) is 3.66. The molecule has 0 aromatic carbocycles. The molecule has 0 saturated heterocycles. The maximum atomic E-state index is 11.6. The van der Waals surface area contributed by atoms with Gasteiger partial charge in [-0.15, -0.1) is 0 Å². The Balaban J connectivity index is 1.97. The Bertz CT molecular complexity index is 481. The minimum Gasteiger partial charge on any atom is -0.346 e. The first kappa shape index (κ1) is 10.3. The molecular formula is C10H10N4O2. The molecule has 1 N–H and O–H groups in total. The van der Waals surface area contributed by atoms with E-state index in [1.54, 1.807) is 19.3 Å². The molecule has 82 valence electrons. The predicted octanol–water partition coefficient (Wildman–Crippen LogP) is 0.703. The van der Waals surface area contributed by atoms with Crippen molar-refractivity contribution in [3.63, 3.8) is 0 Å². The number of hydrogen-bond acceptors (Lipinski definition) is 5. The molecule has 16 heavy (non-hydrogen) atoms. The summed E-state index contributed by atoms with van der Waals surface area (Å²) in [5, 5.41) is 9.77. The molecular weight excluding hydrogens is 208 g/mol. The summed E-state index contributed by atoms with van der Waals surface area (Å²) < 4.78 is 4.45. The zero-order chi connectivity index (χ0) is 11.4. The molecule has 1 amide bonds. The zero-order valence-electron chi connectivity index (χ0n) is 8.67. The highest BCUT2D eigenvalue weighted by molar-refractivity contribution is 5.92. The topological polar surface area (TPSA) is 80.9 Å². The lowest BCUT2D eigenvalue weighted by molar-refractivity contribution is 0.0940. The predicted molar refractivity (Wildman–Crippen MR) is 54.4 cm³/mol. The van der Waals surface area contributed by atoms with Crippen molar-refractivity contribution in [3.8, 4) is 0 Å². The van der Waals surface area contributed by atoms with Crippen molar-refractivity contribution in [3.05, 3.63) is 41.5 Å². The molecule has 2 aromatic rings. The molecule has 0 unspecified atom stereocenters. The van der Waals surface area contributed by atoms with Gasteiger partial charge in [-0.05, 0) is 29.8 Å². The Morgan fingerprint density at radius 3 is 2.75 bits per heavy atom. The van der Waals surface area contributed by atoms with E-state index < -0.39 is 0 Å². The quantitative estimate of drug-likeness (QED) is 0.820. The number of pyridine rings is 1. The van der Waals surface area contributed by atoms with Crippen LogP contribution in [0, 0.1) is 6.92 Å². The van der Waals surface area contributed by atoms with E-state index >= 15 is 0 Å². The second-order valence-corrected chi connectivity index (χ2v) is 3.24. The highest BCUT2D eigenvalue weighted by Crippen LogP contribution is 2.01. The second kappa shape index (κ2) is 4.52. The van der Waals surface area contributed by atoms with Gasteiger partial charge in [0, 0.05) is 18.9 Å². The maximum absolute atomic E-state index is 11.6. The number of aromatic nitrogens is 3. The summed E-state index contributed by atoms with van der Waals surface area (Å²) in [5.41, 5.74) is 1.67. The number of nitrogens with one attached hydrogen (secondary N) is 1. The third kappa shape index (κ3) is 2.22. The van der Waals surface area contributed by atoms with Crippen molar-refractivity contribution in [2.75, 3.05) is 0 Å². The third-order valence-electron chi connectivity index (χ3n) is 2.07. The van der Waals surface area contributed by atoms with Crippen molar-refractivity contribution in [1.82, 2.24) is 20.6 Å². The van der Waals surface area contributed by atoms with E-state index in [2.05, 4.69) is 25.2 Å². The van der Waals surface area contributed by atoms with Gasteiger partial charge >= 0.3 is 0 Å². The van der Waals surface area contributed by atoms with Crippen molar-refractivity contribution in [1.29, 1.82) is 0 Å². The summed E-state index contributed by atoms with van der Waals surface area (Å²) in [4.78, 5) is 15.5. The fourth-order valence-corrected chi connectivity index (χ4v) is 1.20. The number of carbonyl (C=O) groups excluding carboxylic acids is 1. The van der Waals surface area contributed by atoms with Crippen LogP contribution < -0.4 is 5.32 Å². The average Bonchev–Trinajstić information content (AvgIpc) is 2.74. The number of hydrogen-bond donors (Lipinski definition) is 1. The van der Waals surface area contributed by atoms with Crippen LogP contribution in [0.25, 0.3) is 0 Å². The van der Waals surface area contributed by atoms with Gasteiger partial charge in [0.1, 0.15) is 5.69 Å². The summed E-state index contributed by atoms with van der Waals surface area (Å²) in [6.45, 7) is 2.09. The molecule has 0 spiro atoms. The first-order chi connectivity index (χ1) is 7.77. The van der Waals surface area contributed by atoms with Gasteiger partial charge in [-0.1, -0.05) is 5.16 Å². The largest absolute Gasteiger partial charge is 0.346 e. The van der Waals surface area contributed by atoms with Crippen LogP contribution in [0.4, 0.5) is 0 Å². The van der Waals surface area contributed by atoms with E-state index in [-0.39, 0.29) is 11.6 Å². The highest BCUT2D eigenvalue weighted by atomic mass is 16.6. The van der Waals surface area contributed by atoms with Crippen molar-refractivity contribution in [2.24, 2.45) is 0 Å². The fourth-order valence-electron chi connectivity index (χ4n) is 1.20. The summed E-state index contributed by atoms with van der Waals surface area (Å²) in [7, 11) is 0. The van der Waals surface area contributed by atoms with Crippen LogP contribution in [0.2, 0.25) is 0 Å². The highest BCUT2D eigenvalue weighted by Gasteiger charge is 2.13. The van der Waals surface area contributed by atoms with Gasteiger partial charge in [0.05, 0.1) is 0 Å². The third-order valence-corrected chi connectivity index (χ3v) is 2.07. The van der Waals surface area contributed by atoms with Crippen LogP contribution in [-0.4, -0.2) is 21.2 Å². The van der Waals surface area contributed by atoms with Crippen LogP contribution >= 0.6 is 0 Å². The molecule has 0 aliphatic heterocycles. The molecule has 2 rings (SSSR count). The van der Waals surface area contributed by atoms with Crippen molar-refractivity contribution >= 4 is 5.91 Å². The number of amides is 1. The SMILES string of the molecule is Cc1nonc1C(=O)NCc1ccncc1. The zero-order valence-corrected chi connectivity index (χ0v) is 8.67. The lowest BCUT2D eigenvalue weighted by atomic mass is 10.2. The van der Waals surface area contributed by atoms with Gasteiger partial charge in [0.15, 0.2) is 5.69 Å².